The van der Waals surface area contributed by atoms with Crippen molar-refractivity contribution in [1.29, 1.82) is 0 Å². The number of pyridine rings is 2. The number of hydrogen-bond acceptors (Lipinski definition) is 5. The average molecular weight is 374 g/mol. The van der Waals surface area contributed by atoms with Crippen molar-refractivity contribution in [3.63, 3.8) is 0 Å². The van der Waals surface area contributed by atoms with E-state index in [0.29, 0.717) is 23.5 Å². The molecule has 1 N–H and O–H groups in total. The van der Waals surface area contributed by atoms with Gasteiger partial charge in [-0.15, -0.1) is 0 Å². The third-order valence-electron chi connectivity index (χ3n) is 5.33. The first-order valence-electron chi connectivity index (χ1n) is 9.49. The number of anilines is 1. The maximum atomic E-state index is 13.3. The number of ketones is 1. The molecule has 1 amide bonds. The minimum atomic E-state index is -0.577. The lowest BCUT2D eigenvalue weighted by Crippen LogP contribution is -2.39. The summed E-state index contributed by atoms with van der Waals surface area (Å²) in [7, 11) is 0. The number of nitrogens with one attached hydrogen (secondary N) is 1. The largest absolute Gasteiger partial charge is 0.310 e. The third kappa shape index (κ3) is 3.38. The number of nitrogens with zero attached hydrogens (tertiary/aromatic N) is 3. The summed E-state index contributed by atoms with van der Waals surface area (Å²) in [5.41, 5.74) is 4.07. The number of Topliss-reactive ketones (excluding diaryl/α,β-unsaturated/α-hetero) is 1. The minimum absolute atomic E-state index is 0.0813. The van der Waals surface area contributed by atoms with Gasteiger partial charge in [0.1, 0.15) is 5.82 Å². The molecule has 1 aliphatic heterocycles. The molecular formula is C22H22N4O2. The van der Waals surface area contributed by atoms with E-state index in [0.717, 1.165) is 29.7 Å². The Kier molecular flexibility index (Phi) is 4.86. The molecule has 0 aromatic carbocycles. The van der Waals surface area contributed by atoms with Gasteiger partial charge in [-0.3, -0.25) is 19.6 Å². The summed E-state index contributed by atoms with van der Waals surface area (Å²) in [5, 5.41) is 2.91. The quantitative estimate of drug-likeness (QED) is 0.889. The predicted octanol–water partition coefficient (Wildman–Crippen LogP) is 3.61. The van der Waals surface area contributed by atoms with E-state index in [4.69, 9.17) is 0 Å². The highest BCUT2D eigenvalue weighted by atomic mass is 16.2. The number of aryl methyl sites for hydroxylation is 1. The standard InChI is InChI=1S/C22H22N4O2/c1-13-8-10-24-18(11-13)26-22(28)19-14(2)25-16-6-3-7-17(27)21(16)20(19)15-5-4-9-23-12-15/h4-5,8-12,19-20H,3,6-7H2,1-2H3,(H,24,26,28)/t19?,20-/m1/s1. The smallest absolute Gasteiger partial charge is 0.235 e. The van der Waals surface area contributed by atoms with Crippen LogP contribution in [0.25, 0.3) is 0 Å². The molecule has 2 aromatic heterocycles. The number of allylic oxidation sites excluding steroid dienone is 2. The van der Waals surface area contributed by atoms with Crippen LogP contribution in [0.3, 0.4) is 0 Å². The Morgan fingerprint density at radius 1 is 1.18 bits per heavy atom. The van der Waals surface area contributed by atoms with Crippen molar-refractivity contribution < 1.29 is 9.59 Å². The van der Waals surface area contributed by atoms with Gasteiger partial charge in [0.2, 0.25) is 5.91 Å². The summed E-state index contributed by atoms with van der Waals surface area (Å²) in [6, 6.07) is 7.46. The van der Waals surface area contributed by atoms with Crippen LogP contribution < -0.4 is 5.32 Å². The van der Waals surface area contributed by atoms with Crippen LogP contribution in [-0.4, -0.2) is 27.4 Å². The first-order chi connectivity index (χ1) is 13.5. The molecule has 2 aliphatic rings. The van der Waals surface area contributed by atoms with E-state index in [9.17, 15) is 9.59 Å². The predicted molar refractivity (Wildman–Crippen MR) is 107 cm³/mol. The van der Waals surface area contributed by atoms with Gasteiger partial charge in [-0.25, -0.2) is 4.98 Å². The Balaban J connectivity index is 1.76. The van der Waals surface area contributed by atoms with Crippen LogP contribution in [0.5, 0.6) is 0 Å². The van der Waals surface area contributed by atoms with Crippen molar-refractivity contribution in [2.24, 2.45) is 10.9 Å². The fraction of sp³-hybridized carbons (Fsp3) is 0.318. The molecule has 0 saturated heterocycles. The van der Waals surface area contributed by atoms with E-state index in [1.165, 1.54) is 0 Å². The maximum absolute atomic E-state index is 13.3. The van der Waals surface area contributed by atoms with Crippen LogP contribution in [0.15, 0.2) is 59.1 Å². The summed E-state index contributed by atoms with van der Waals surface area (Å²) in [6.07, 6.45) is 7.16. The zero-order valence-corrected chi connectivity index (χ0v) is 16.0. The van der Waals surface area contributed by atoms with Gasteiger partial charge >= 0.3 is 0 Å². The van der Waals surface area contributed by atoms with Gasteiger partial charge in [0.25, 0.3) is 0 Å². The zero-order chi connectivity index (χ0) is 19.7. The molecule has 1 aliphatic carbocycles. The Labute approximate surface area is 163 Å². The van der Waals surface area contributed by atoms with Crippen molar-refractivity contribution in [1.82, 2.24) is 9.97 Å². The highest BCUT2D eigenvalue weighted by Gasteiger charge is 2.42. The van der Waals surface area contributed by atoms with Crippen LogP contribution in [0.1, 0.15) is 43.2 Å². The first kappa shape index (κ1) is 18.2. The summed E-state index contributed by atoms with van der Waals surface area (Å²) in [4.78, 5) is 39.2. The van der Waals surface area contributed by atoms with Gasteiger partial charge < -0.3 is 5.32 Å². The monoisotopic (exact) mass is 374 g/mol. The first-order valence-corrected chi connectivity index (χ1v) is 9.49. The normalized spacial score (nSPS) is 21.8. The summed E-state index contributed by atoms with van der Waals surface area (Å²) in [6.45, 7) is 3.81. The molecule has 2 atom stereocenters. The topological polar surface area (TPSA) is 84.3 Å². The van der Waals surface area contributed by atoms with Crippen molar-refractivity contribution >= 4 is 23.2 Å². The van der Waals surface area contributed by atoms with Crippen molar-refractivity contribution in [3.05, 3.63) is 65.3 Å². The molecule has 0 bridgehead atoms. The number of rotatable bonds is 3. The fourth-order valence-corrected chi connectivity index (χ4v) is 4.07. The van der Waals surface area contributed by atoms with Crippen molar-refractivity contribution in [3.8, 4) is 0 Å². The minimum Gasteiger partial charge on any atom is -0.310 e. The highest BCUT2D eigenvalue weighted by molar-refractivity contribution is 6.13. The Morgan fingerprint density at radius 3 is 2.79 bits per heavy atom. The number of carbonyl (C=O) groups excluding carboxylic acids is 2. The maximum Gasteiger partial charge on any atom is 0.235 e. The number of carbonyl (C=O) groups is 2. The molecular weight excluding hydrogens is 352 g/mol. The molecule has 1 unspecified atom stereocenters. The molecule has 6 heteroatoms. The molecule has 6 nitrogen and oxygen atoms in total. The molecule has 4 rings (SSSR count). The number of aromatic nitrogens is 2. The summed E-state index contributed by atoms with van der Waals surface area (Å²) >= 11 is 0. The molecule has 0 fully saturated rings. The summed E-state index contributed by atoms with van der Waals surface area (Å²) < 4.78 is 0. The molecule has 142 valence electrons. The fourth-order valence-electron chi connectivity index (χ4n) is 4.07. The lowest BCUT2D eigenvalue weighted by atomic mass is 9.72. The lowest BCUT2D eigenvalue weighted by Gasteiger charge is -2.34. The Bertz CT molecular complexity index is 995. The number of amides is 1. The molecule has 0 saturated carbocycles. The Morgan fingerprint density at radius 2 is 2.04 bits per heavy atom. The van der Waals surface area contributed by atoms with E-state index >= 15 is 0 Å². The van der Waals surface area contributed by atoms with Crippen molar-refractivity contribution in [2.45, 2.75) is 39.0 Å². The van der Waals surface area contributed by atoms with Gasteiger partial charge in [0.15, 0.2) is 5.78 Å². The SMILES string of the molecule is CC1=NC2=C(C(=O)CCC2)[C@H](c2cccnc2)C1C(=O)Nc1cc(C)ccn1. The van der Waals surface area contributed by atoms with Crippen LogP contribution in [0.4, 0.5) is 5.82 Å². The van der Waals surface area contributed by atoms with Crippen LogP contribution in [0.2, 0.25) is 0 Å². The Hall–Kier alpha value is -3.15. The van der Waals surface area contributed by atoms with Crippen LogP contribution in [0, 0.1) is 12.8 Å². The zero-order valence-electron chi connectivity index (χ0n) is 16.0. The number of aliphatic imine (C=N–C) groups is 1. The molecule has 3 heterocycles. The average Bonchev–Trinajstić information content (AvgIpc) is 2.67. The third-order valence-corrected chi connectivity index (χ3v) is 5.33. The van der Waals surface area contributed by atoms with Gasteiger partial charge in [-0.05, 0) is 56.0 Å². The molecule has 0 spiro atoms. The lowest BCUT2D eigenvalue weighted by molar-refractivity contribution is -0.119. The van der Waals surface area contributed by atoms with Gasteiger partial charge in [0.05, 0.1) is 5.92 Å². The van der Waals surface area contributed by atoms with Gasteiger partial charge in [-0.1, -0.05) is 6.07 Å². The van der Waals surface area contributed by atoms with Crippen molar-refractivity contribution in [2.75, 3.05) is 5.32 Å². The second kappa shape index (κ2) is 7.46. The second-order valence-electron chi connectivity index (χ2n) is 7.34. The van der Waals surface area contributed by atoms with Gasteiger partial charge in [-0.2, -0.15) is 0 Å². The van der Waals surface area contributed by atoms with E-state index in [1.54, 1.807) is 18.6 Å². The molecule has 0 radical (unpaired) electrons. The van der Waals surface area contributed by atoms with E-state index in [-0.39, 0.29) is 17.6 Å². The van der Waals surface area contributed by atoms with E-state index in [2.05, 4.69) is 20.3 Å². The summed E-state index contributed by atoms with van der Waals surface area (Å²) in [5.74, 6) is -0.584. The van der Waals surface area contributed by atoms with E-state index in [1.807, 2.05) is 38.1 Å². The molecule has 2 aromatic rings. The number of hydrogen-bond donors (Lipinski definition) is 1. The van der Waals surface area contributed by atoms with E-state index < -0.39 is 5.92 Å². The van der Waals surface area contributed by atoms with Crippen LogP contribution in [-0.2, 0) is 9.59 Å². The second-order valence-corrected chi connectivity index (χ2v) is 7.34. The van der Waals surface area contributed by atoms with Crippen LogP contribution >= 0.6 is 0 Å². The molecule has 28 heavy (non-hydrogen) atoms. The van der Waals surface area contributed by atoms with Gasteiger partial charge in [0, 0.05) is 47.9 Å². The highest BCUT2D eigenvalue weighted by Crippen LogP contribution is 2.43.